The van der Waals surface area contributed by atoms with E-state index in [0.29, 0.717) is 30.6 Å². The van der Waals surface area contributed by atoms with Gasteiger partial charge in [0.15, 0.2) is 5.78 Å². The highest BCUT2D eigenvalue weighted by atomic mass is 19.1. The third-order valence-corrected chi connectivity index (χ3v) is 8.88. The number of halogens is 1. The first-order valence-electron chi connectivity index (χ1n) is 16.0. The molecule has 4 aromatic rings. The molecule has 2 atom stereocenters. The molecule has 0 radical (unpaired) electrons. The van der Waals surface area contributed by atoms with Crippen molar-refractivity contribution in [3.05, 3.63) is 126 Å². The van der Waals surface area contributed by atoms with Crippen molar-refractivity contribution in [1.29, 1.82) is 0 Å². The van der Waals surface area contributed by atoms with E-state index in [-0.39, 0.29) is 28.8 Å². The molecule has 0 bridgehead atoms. The van der Waals surface area contributed by atoms with Crippen LogP contribution >= 0.6 is 0 Å². The van der Waals surface area contributed by atoms with Gasteiger partial charge in [0.1, 0.15) is 5.82 Å². The number of hydrogen-bond donors (Lipinski definition) is 2. The summed E-state index contributed by atoms with van der Waals surface area (Å²) in [7, 11) is 1.78. The Bertz CT molecular complexity index is 1680. The molecule has 2 heterocycles. The molecule has 1 aromatic heterocycles. The zero-order valence-electron chi connectivity index (χ0n) is 27.4. The summed E-state index contributed by atoms with van der Waals surface area (Å²) in [6.07, 6.45) is 7.37. The molecular formula is C39H45FN4O2. The maximum Gasteiger partial charge on any atom is 0.180 e. The summed E-state index contributed by atoms with van der Waals surface area (Å²) in [5.74, 6) is -0.225. The van der Waals surface area contributed by atoms with Gasteiger partial charge in [-0.25, -0.2) is 4.39 Å². The van der Waals surface area contributed by atoms with Crippen molar-refractivity contribution < 1.29 is 13.9 Å². The molecule has 6 nitrogen and oxygen atoms in total. The van der Waals surface area contributed by atoms with Gasteiger partial charge in [0, 0.05) is 35.2 Å². The lowest BCUT2D eigenvalue weighted by molar-refractivity contribution is -0.0349. The van der Waals surface area contributed by atoms with Crippen LogP contribution in [-0.4, -0.2) is 35.3 Å². The van der Waals surface area contributed by atoms with Crippen molar-refractivity contribution in [1.82, 2.24) is 15.1 Å². The zero-order valence-corrected chi connectivity index (χ0v) is 27.4. The maximum absolute atomic E-state index is 14.1. The number of ketones is 1. The number of allylic oxidation sites excluding steroid dienone is 1. The first-order valence-corrected chi connectivity index (χ1v) is 16.0. The van der Waals surface area contributed by atoms with Crippen LogP contribution in [0.15, 0.2) is 98.2 Å². The Balaban J connectivity index is 1.39. The molecule has 1 aliphatic heterocycles. The molecular weight excluding hydrogens is 575 g/mol. The summed E-state index contributed by atoms with van der Waals surface area (Å²) in [6.45, 7) is 15.2. The Morgan fingerprint density at radius 3 is 2.52 bits per heavy atom. The highest BCUT2D eigenvalue weighted by Crippen LogP contribution is 2.37. The Morgan fingerprint density at radius 1 is 1.11 bits per heavy atom. The highest BCUT2D eigenvalue weighted by Gasteiger charge is 2.35. The molecule has 0 amide bonds. The monoisotopic (exact) mass is 620 g/mol. The second kappa shape index (κ2) is 14.0. The van der Waals surface area contributed by atoms with Gasteiger partial charge in [0.05, 0.1) is 29.1 Å². The highest BCUT2D eigenvalue weighted by molar-refractivity contribution is 6.02. The number of carbonyl (C=O) groups is 1. The van der Waals surface area contributed by atoms with E-state index >= 15 is 0 Å². The lowest BCUT2D eigenvalue weighted by Crippen LogP contribution is -2.43. The van der Waals surface area contributed by atoms with Crippen LogP contribution in [0.5, 0.6) is 0 Å². The van der Waals surface area contributed by atoms with Crippen LogP contribution in [0.4, 0.5) is 10.1 Å². The molecule has 2 unspecified atom stereocenters. The van der Waals surface area contributed by atoms with Gasteiger partial charge in [-0.05, 0) is 107 Å². The number of benzene rings is 3. The van der Waals surface area contributed by atoms with Crippen LogP contribution in [0.25, 0.3) is 17.0 Å². The molecule has 1 aliphatic rings. The van der Waals surface area contributed by atoms with Crippen molar-refractivity contribution in [2.45, 2.75) is 70.1 Å². The second-order valence-corrected chi connectivity index (χ2v) is 13.0. The SMILES string of the molecule is C=CCc1ccc(NC(=C)c2cnn(C(C)(C)C)c2-c2ccc(F)cc2)cc1C(=O)C1CCCC(OC)(c2ccccc2)CCN1. The lowest BCUT2D eigenvalue weighted by atomic mass is 9.82. The summed E-state index contributed by atoms with van der Waals surface area (Å²) in [5.41, 5.74) is 5.95. The molecule has 1 saturated heterocycles. The van der Waals surface area contributed by atoms with E-state index < -0.39 is 0 Å². The van der Waals surface area contributed by atoms with Gasteiger partial charge < -0.3 is 15.4 Å². The maximum atomic E-state index is 14.1. The van der Waals surface area contributed by atoms with E-state index in [4.69, 9.17) is 4.74 Å². The molecule has 3 aromatic carbocycles. The number of nitrogens with zero attached hydrogens (tertiary/aromatic N) is 2. The minimum absolute atomic E-state index is 0.0725. The molecule has 1 fully saturated rings. The third kappa shape index (κ3) is 7.06. The van der Waals surface area contributed by atoms with E-state index in [0.717, 1.165) is 47.3 Å². The van der Waals surface area contributed by atoms with Gasteiger partial charge in [-0.1, -0.05) is 49.1 Å². The average molecular weight is 621 g/mol. The fourth-order valence-corrected chi connectivity index (χ4v) is 6.45. The Morgan fingerprint density at radius 2 is 1.85 bits per heavy atom. The first-order chi connectivity index (χ1) is 22.1. The topological polar surface area (TPSA) is 68.2 Å². The summed E-state index contributed by atoms with van der Waals surface area (Å²) < 4.78 is 21.8. The Labute approximate surface area is 272 Å². The fraction of sp³-hybridized carbons (Fsp3) is 0.333. The van der Waals surface area contributed by atoms with Crippen LogP contribution in [-0.2, 0) is 22.3 Å². The van der Waals surface area contributed by atoms with Crippen molar-refractivity contribution in [2.75, 3.05) is 19.0 Å². The first kappa shape index (κ1) is 33.0. The van der Waals surface area contributed by atoms with Gasteiger partial charge in [0.25, 0.3) is 0 Å². The van der Waals surface area contributed by atoms with E-state index in [1.807, 2.05) is 47.2 Å². The van der Waals surface area contributed by atoms with Crippen LogP contribution in [0, 0.1) is 5.82 Å². The Kier molecular flexibility index (Phi) is 10.0. The predicted molar refractivity (Wildman–Crippen MR) is 185 cm³/mol. The second-order valence-electron chi connectivity index (χ2n) is 13.0. The van der Waals surface area contributed by atoms with Crippen LogP contribution in [0.3, 0.4) is 0 Å². The number of rotatable bonds is 10. The molecule has 240 valence electrons. The molecule has 0 spiro atoms. The number of Topliss-reactive ketones (excluding diaryl/α,β-unsaturated/α-hetero) is 1. The van der Waals surface area contributed by atoms with Crippen molar-refractivity contribution in [3.8, 4) is 11.3 Å². The number of ether oxygens (including phenoxy) is 1. The van der Waals surface area contributed by atoms with Crippen molar-refractivity contribution in [2.24, 2.45) is 0 Å². The molecule has 0 aliphatic carbocycles. The smallest absolute Gasteiger partial charge is 0.180 e. The summed E-state index contributed by atoms with van der Waals surface area (Å²) >= 11 is 0. The zero-order chi connectivity index (χ0) is 32.9. The molecule has 2 N–H and O–H groups in total. The predicted octanol–water partition coefficient (Wildman–Crippen LogP) is 8.51. The van der Waals surface area contributed by atoms with Crippen LogP contribution in [0.2, 0.25) is 0 Å². The van der Waals surface area contributed by atoms with Crippen molar-refractivity contribution in [3.63, 3.8) is 0 Å². The van der Waals surface area contributed by atoms with E-state index in [9.17, 15) is 9.18 Å². The molecule has 46 heavy (non-hydrogen) atoms. The third-order valence-electron chi connectivity index (χ3n) is 8.88. The van der Waals surface area contributed by atoms with Gasteiger partial charge in [-0.2, -0.15) is 5.10 Å². The average Bonchev–Trinajstić information content (AvgIpc) is 3.49. The summed E-state index contributed by atoms with van der Waals surface area (Å²) in [5, 5.41) is 11.7. The quantitative estimate of drug-likeness (QED) is 0.137. The van der Waals surface area contributed by atoms with Crippen LogP contribution < -0.4 is 10.6 Å². The number of nitrogens with one attached hydrogen (secondary N) is 2. The minimum Gasteiger partial charge on any atom is -0.373 e. The van der Waals surface area contributed by atoms with Gasteiger partial charge in [-0.15, -0.1) is 6.58 Å². The number of hydrogen-bond acceptors (Lipinski definition) is 5. The number of aromatic nitrogens is 2. The fourth-order valence-electron chi connectivity index (χ4n) is 6.45. The number of carbonyl (C=O) groups excluding carboxylic acids is 1. The number of anilines is 1. The van der Waals surface area contributed by atoms with Gasteiger partial charge in [0.2, 0.25) is 0 Å². The van der Waals surface area contributed by atoms with E-state index in [1.165, 1.54) is 17.7 Å². The van der Waals surface area contributed by atoms with Crippen LogP contribution in [0.1, 0.15) is 73.5 Å². The molecule has 0 saturated carbocycles. The molecule has 7 heteroatoms. The Hall–Kier alpha value is -4.33. The normalized spacial score (nSPS) is 18.8. The van der Waals surface area contributed by atoms with Crippen molar-refractivity contribution >= 4 is 17.2 Å². The standard InChI is InChI=1S/C39H45FN4O2/c1-7-12-28-18-21-32(43-27(2)34-26-42-44(38(3,4)5)36(34)29-16-19-31(40)20-17-29)25-33(28)37(45)35-15-11-22-39(46-6,23-24-41-35)30-13-9-8-10-14-30/h7-10,13-14,16-21,25-26,35,41,43H,1-2,11-12,15,22-24H2,3-6H3. The lowest BCUT2D eigenvalue weighted by Gasteiger charge is -2.36. The summed E-state index contributed by atoms with van der Waals surface area (Å²) in [6, 6.07) is 22.3. The van der Waals surface area contributed by atoms with Gasteiger partial charge in [-0.3, -0.25) is 9.48 Å². The van der Waals surface area contributed by atoms with Gasteiger partial charge >= 0.3 is 0 Å². The van der Waals surface area contributed by atoms with E-state index in [1.54, 1.807) is 25.4 Å². The summed E-state index contributed by atoms with van der Waals surface area (Å²) in [4.78, 5) is 14.1. The van der Waals surface area contributed by atoms with E-state index in [2.05, 4.69) is 61.8 Å². The number of methoxy groups -OCH3 is 1. The minimum atomic E-state index is -0.367. The largest absolute Gasteiger partial charge is 0.373 e. The molecule has 5 rings (SSSR count).